The molecule has 2 aliphatic rings. The molecular weight excluding hydrogens is 428 g/mol. The Labute approximate surface area is 190 Å². The number of anilines is 1. The first-order chi connectivity index (χ1) is 15.5. The van der Waals surface area contributed by atoms with Gasteiger partial charge in [0, 0.05) is 17.1 Å². The molecule has 1 unspecified atom stereocenters. The van der Waals surface area contributed by atoms with Crippen LogP contribution in [0, 0.1) is 0 Å². The zero-order chi connectivity index (χ0) is 22.4. The standard InChI is InChI=1S/C23H22ClN6O2/c1-27-20-18(21(31)28(2)23(27)32)29(14-6-9-15-7-4-3-5-8-15)22-26-25-19(30(20)22)16-10-12-17(24)13-11-16/h3-5,7-8,10-13,18H,6,9,14H2,1-2H3/q+1. The van der Waals surface area contributed by atoms with Gasteiger partial charge in [0.2, 0.25) is 17.7 Å². The van der Waals surface area contributed by atoms with Crippen molar-refractivity contribution in [3.8, 4) is 11.4 Å². The summed E-state index contributed by atoms with van der Waals surface area (Å²) in [5, 5.41) is 9.43. The highest BCUT2D eigenvalue weighted by Gasteiger charge is 2.55. The Kier molecular flexibility index (Phi) is 5.01. The average Bonchev–Trinajstić information content (AvgIpc) is 3.36. The zero-order valence-electron chi connectivity index (χ0n) is 17.8. The summed E-state index contributed by atoms with van der Waals surface area (Å²) < 4.78 is 3.33. The van der Waals surface area contributed by atoms with E-state index in [1.165, 1.54) is 22.1 Å². The van der Waals surface area contributed by atoms with Gasteiger partial charge in [-0.3, -0.25) is 4.79 Å². The van der Waals surface area contributed by atoms with Crippen LogP contribution in [0.25, 0.3) is 11.4 Å². The number of hydrogen-bond donors (Lipinski definition) is 0. The molecule has 0 saturated carbocycles. The Hall–Kier alpha value is -3.52. The van der Waals surface area contributed by atoms with Gasteiger partial charge in [0.15, 0.2) is 0 Å². The van der Waals surface area contributed by atoms with E-state index < -0.39 is 6.04 Å². The maximum absolute atomic E-state index is 13.2. The van der Waals surface area contributed by atoms with Crippen molar-refractivity contribution in [2.75, 3.05) is 25.5 Å². The van der Waals surface area contributed by atoms with E-state index >= 15 is 0 Å². The molecule has 0 radical (unpaired) electrons. The molecule has 3 heterocycles. The SMILES string of the molecule is CN1C(=O)C2C(=[N+](C)C1=O)n1c(-c3ccc(Cl)cc3)nnc1N2CCCc1ccccc1. The lowest BCUT2D eigenvalue weighted by molar-refractivity contribution is -0.407. The minimum absolute atomic E-state index is 0.268. The number of benzene rings is 2. The average molecular weight is 450 g/mol. The number of amides is 3. The number of imide groups is 1. The molecule has 0 N–H and O–H groups in total. The largest absolute Gasteiger partial charge is 0.445 e. The number of carbonyl (C=O) groups is 2. The number of nitrogens with zero attached hydrogens (tertiary/aromatic N) is 6. The lowest BCUT2D eigenvalue weighted by Gasteiger charge is -2.27. The van der Waals surface area contributed by atoms with Crippen LogP contribution in [0.4, 0.5) is 10.7 Å². The quantitative estimate of drug-likeness (QED) is 0.560. The number of aromatic nitrogens is 3. The van der Waals surface area contributed by atoms with Crippen molar-refractivity contribution in [3.63, 3.8) is 0 Å². The van der Waals surface area contributed by atoms with Gasteiger partial charge in [0.05, 0.1) is 14.1 Å². The Morgan fingerprint density at radius 2 is 1.75 bits per heavy atom. The predicted octanol–water partition coefficient (Wildman–Crippen LogP) is 2.90. The molecule has 1 aromatic heterocycles. The molecule has 0 spiro atoms. The maximum atomic E-state index is 13.2. The number of rotatable bonds is 5. The Bertz CT molecular complexity index is 1240. The van der Waals surface area contributed by atoms with Crippen molar-refractivity contribution in [1.82, 2.24) is 19.7 Å². The molecular formula is C23H22ClN6O2+. The van der Waals surface area contributed by atoms with Crippen LogP contribution in [0.5, 0.6) is 0 Å². The van der Waals surface area contributed by atoms with E-state index in [0.717, 1.165) is 18.4 Å². The van der Waals surface area contributed by atoms with Crippen molar-refractivity contribution >= 4 is 35.3 Å². The third-order valence-corrected chi connectivity index (χ3v) is 6.23. The maximum Gasteiger partial charge on any atom is 0.445 e. The number of hydrogen-bond acceptors (Lipinski definition) is 5. The summed E-state index contributed by atoms with van der Waals surface area (Å²) in [7, 11) is 3.19. The monoisotopic (exact) mass is 449 g/mol. The Balaban J connectivity index is 1.56. The fourth-order valence-electron chi connectivity index (χ4n) is 4.34. The van der Waals surface area contributed by atoms with Gasteiger partial charge in [-0.05, 0) is 42.7 Å². The van der Waals surface area contributed by atoms with E-state index in [-0.39, 0.29) is 11.9 Å². The molecule has 0 fully saturated rings. The molecule has 1 atom stereocenters. The summed E-state index contributed by atoms with van der Waals surface area (Å²) in [4.78, 5) is 29.0. The van der Waals surface area contributed by atoms with Crippen molar-refractivity contribution in [1.29, 1.82) is 0 Å². The first-order valence-corrected chi connectivity index (χ1v) is 10.8. The number of urea groups is 1. The van der Waals surface area contributed by atoms with Gasteiger partial charge in [0.1, 0.15) is 0 Å². The minimum atomic E-state index is -0.630. The molecule has 3 amide bonds. The normalized spacial score (nSPS) is 17.8. The molecule has 2 aliphatic heterocycles. The highest BCUT2D eigenvalue weighted by atomic mass is 35.5. The zero-order valence-corrected chi connectivity index (χ0v) is 18.5. The molecule has 0 bridgehead atoms. The van der Waals surface area contributed by atoms with Gasteiger partial charge < -0.3 is 4.90 Å². The van der Waals surface area contributed by atoms with Crippen molar-refractivity contribution in [2.24, 2.45) is 0 Å². The fraction of sp³-hybridized carbons (Fsp3) is 0.261. The predicted molar refractivity (Wildman–Crippen MR) is 121 cm³/mol. The highest BCUT2D eigenvalue weighted by molar-refractivity contribution is 6.30. The van der Waals surface area contributed by atoms with Crippen LogP contribution in [0.2, 0.25) is 5.02 Å². The summed E-state index contributed by atoms with van der Waals surface area (Å²) >= 11 is 6.05. The van der Waals surface area contributed by atoms with E-state index in [0.29, 0.717) is 29.2 Å². The lowest BCUT2D eigenvalue weighted by atomic mass is 10.1. The number of aryl methyl sites for hydroxylation is 1. The van der Waals surface area contributed by atoms with Crippen LogP contribution in [0.15, 0.2) is 54.6 Å². The molecule has 0 saturated heterocycles. The molecule has 3 aromatic rings. The van der Waals surface area contributed by atoms with Crippen LogP contribution in [-0.4, -0.2) is 68.7 Å². The Morgan fingerprint density at radius 3 is 2.47 bits per heavy atom. The second kappa shape index (κ2) is 7.87. The summed E-state index contributed by atoms with van der Waals surface area (Å²) in [5.41, 5.74) is 2.04. The Morgan fingerprint density at radius 1 is 1.03 bits per heavy atom. The first kappa shape index (κ1) is 20.4. The summed E-state index contributed by atoms with van der Waals surface area (Å²) in [5.74, 6) is 1.42. The van der Waals surface area contributed by atoms with Gasteiger partial charge in [-0.15, -0.1) is 5.10 Å². The van der Waals surface area contributed by atoms with Crippen LogP contribution in [0.3, 0.4) is 0 Å². The highest BCUT2D eigenvalue weighted by Crippen LogP contribution is 2.33. The van der Waals surface area contributed by atoms with Crippen LogP contribution < -0.4 is 4.90 Å². The van der Waals surface area contributed by atoms with Crippen molar-refractivity contribution in [3.05, 3.63) is 65.2 Å². The van der Waals surface area contributed by atoms with Crippen molar-refractivity contribution in [2.45, 2.75) is 18.9 Å². The summed E-state index contributed by atoms with van der Waals surface area (Å²) in [6, 6.07) is 16.5. The fourth-order valence-corrected chi connectivity index (χ4v) is 4.47. The van der Waals surface area contributed by atoms with Gasteiger partial charge >= 0.3 is 11.9 Å². The van der Waals surface area contributed by atoms with Gasteiger partial charge in [0.25, 0.3) is 5.95 Å². The molecule has 9 heteroatoms. The van der Waals surface area contributed by atoms with Crippen molar-refractivity contribution < 1.29 is 14.2 Å². The van der Waals surface area contributed by atoms with Gasteiger partial charge in [-0.1, -0.05) is 47.0 Å². The second-order valence-electron chi connectivity index (χ2n) is 7.95. The van der Waals surface area contributed by atoms with Crippen LogP contribution in [0.1, 0.15) is 12.0 Å². The summed E-state index contributed by atoms with van der Waals surface area (Å²) in [6.45, 7) is 0.601. The third-order valence-electron chi connectivity index (χ3n) is 5.98. The number of likely N-dealkylation sites (N-methyl/N-ethyl adjacent to an activating group) is 1. The van der Waals surface area contributed by atoms with E-state index in [9.17, 15) is 9.59 Å². The lowest BCUT2D eigenvalue weighted by Crippen LogP contribution is -2.59. The second-order valence-corrected chi connectivity index (χ2v) is 8.38. The van der Waals surface area contributed by atoms with E-state index in [4.69, 9.17) is 11.6 Å². The minimum Gasteiger partial charge on any atom is -0.305 e. The van der Waals surface area contributed by atoms with E-state index in [1.54, 1.807) is 19.2 Å². The van der Waals surface area contributed by atoms with Crippen LogP contribution >= 0.6 is 11.6 Å². The van der Waals surface area contributed by atoms with E-state index in [1.807, 2.05) is 39.8 Å². The van der Waals surface area contributed by atoms with Gasteiger partial charge in [-0.2, -0.15) is 9.47 Å². The number of fused-ring (bicyclic) bond motifs is 3. The molecule has 5 rings (SSSR count). The number of carbonyl (C=O) groups excluding carboxylic acids is 2. The summed E-state index contributed by atoms with van der Waals surface area (Å²) in [6.07, 6.45) is 1.70. The van der Waals surface area contributed by atoms with Gasteiger partial charge in [-0.25, -0.2) is 9.37 Å². The third kappa shape index (κ3) is 3.18. The topological polar surface area (TPSA) is 74.3 Å². The molecule has 0 aliphatic carbocycles. The molecule has 162 valence electrons. The van der Waals surface area contributed by atoms with Crippen LogP contribution in [-0.2, 0) is 11.2 Å². The molecule has 32 heavy (non-hydrogen) atoms. The van der Waals surface area contributed by atoms with E-state index in [2.05, 4.69) is 22.3 Å². The smallest absolute Gasteiger partial charge is 0.305 e. The molecule has 8 nitrogen and oxygen atoms in total. The number of halogens is 1. The first-order valence-electron chi connectivity index (χ1n) is 10.4. The molecule has 2 aromatic carbocycles.